The Balaban J connectivity index is 0. The summed E-state index contributed by atoms with van der Waals surface area (Å²) < 4.78 is 10.7. The molecule has 0 atom stereocenters. The van der Waals surface area contributed by atoms with Gasteiger partial charge < -0.3 is 21.3 Å². The van der Waals surface area contributed by atoms with Gasteiger partial charge in [-0.1, -0.05) is 38.5 Å². The molecule has 0 saturated heterocycles. The average molecular weight is 442 g/mol. The van der Waals surface area contributed by atoms with E-state index in [0.717, 1.165) is 25.7 Å². The summed E-state index contributed by atoms with van der Waals surface area (Å²) in [5.41, 5.74) is -2.34. The third kappa shape index (κ3) is 11.9. The van der Waals surface area contributed by atoms with E-state index >= 15 is 0 Å². The van der Waals surface area contributed by atoms with Gasteiger partial charge in [-0.05, 0) is 12.8 Å². The van der Waals surface area contributed by atoms with Crippen molar-refractivity contribution in [3.05, 3.63) is 0 Å². The fraction of sp³-hybridized carbons (Fsp3) is 1.00. The molecule has 0 aromatic carbocycles. The third-order valence-corrected chi connectivity index (χ3v) is 3.76. The zero-order chi connectivity index (χ0) is 10.2. The third-order valence-electron chi connectivity index (χ3n) is 1.49. The SMILES string of the molecule is CCCCOP(=S)([S-])OCCCC.[Hg+2]. The minimum Gasteiger partial charge on any atom is -0.691 e. The summed E-state index contributed by atoms with van der Waals surface area (Å²) in [5.74, 6) is 0. The van der Waals surface area contributed by atoms with Crippen LogP contribution in [0.5, 0.6) is 0 Å². The van der Waals surface area contributed by atoms with E-state index in [4.69, 9.17) is 33.1 Å². The molecule has 0 aromatic rings. The quantitative estimate of drug-likeness (QED) is 0.249. The van der Waals surface area contributed by atoms with Gasteiger partial charge in [0.05, 0.1) is 18.9 Å². The van der Waals surface area contributed by atoms with E-state index in [2.05, 4.69) is 13.8 Å². The molecule has 0 amide bonds. The van der Waals surface area contributed by atoms with E-state index in [9.17, 15) is 0 Å². The number of hydrogen-bond donors (Lipinski definition) is 0. The van der Waals surface area contributed by atoms with Crippen molar-refractivity contribution in [2.24, 2.45) is 0 Å². The van der Waals surface area contributed by atoms with Gasteiger partial charge in [0.2, 0.25) is 0 Å². The Labute approximate surface area is 118 Å². The van der Waals surface area contributed by atoms with Crippen LogP contribution in [-0.4, -0.2) is 13.2 Å². The van der Waals surface area contributed by atoms with Crippen molar-refractivity contribution in [3.63, 3.8) is 0 Å². The van der Waals surface area contributed by atoms with Crippen molar-refractivity contribution in [2.75, 3.05) is 13.2 Å². The predicted octanol–water partition coefficient (Wildman–Crippen LogP) is 3.39. The van der Waals surface area contributed by atoms with Gasteiger partial charge in [-0.3, -0.25) is 0 Å². The Morgan fingerprint density at radius 3 is 1.71 bits per heavy atom. The van der Waals surface area contributed by atoms with Crippen molar-refractivity contribution in [1.82, 2.24) is 0 Å². The van der Waals surface area contributed by atoms with Crippen molar-refractivity contribution in [2.45, 2.75) is 39.5 Å². The van der Waals surface area contributed by atoms with Crippen LogP contribution >= 0.6 is 5.69 Å². The summed E-state index contributed by atoms with van der Waals surface area (Å²) in [6.45, 7) is 5.50. The van der Waals surface area contributed by atoms with E-state index < -0.39 is 5.69 Å². The van der Waals surface area contributed by atoms with E-state index in [-0.39, 0.29) is 27.7 Å². The first-order valence-electron chi connectivity index (χ1n) is 4.72. The minimum atomic E-state index is -2.34. The summed E-state index contributed by atoms with van der Waals surface area (Å²) in [6.07, 6.45) is 4.21. The normalized spacial score (nSPS) is 11.1. The molecule has 0 aromatic heterocycles. The molecule has 0 rings (SSSR count). The molecule has 0 heterocycles. The van der Waals surface area contributed by atoms with Crippen LogP contribution in [0.1, 0.15) is 39.5 Å². The first kappa shape index (κ1) is 18.2. The van der Waals surface area contributed by atoms with Crippen LogP contribution in [0.15, 0.2) is 0 Å². The first-order chi connectivity index (χ1) is 6.12. The molecule has 80 valence electrons. The standard InChI is InChI=1S/C8H19O2PS2.Hg/c1-3-5-7-9-11(12,13)10-8-6-4-2;/h3-8H2,1-2H3,(H,12,13);/q;+2/p-1. The molecule has 0 unspecified atom stereocenters. The van der Waals surface area contributed by atoms with Crippen LogP contribution in [-0.2, 0) is 60.8 Å². The van der Waals surface area contributed by atoms with Crippen LogP contribution in [0, 0.1) is 0 Å². The van der Waals surface area contributed by atoms with Crippen molar-refractivity contribution < 1.29 is 36.7 Å². The maximum absolute atomic E-state index is 5.33. The second-order valence-corrected chi connectivity index (χ2v) is 7.81. The van der Waals surface area contributed by atoms with Gasteiger partial charge in [0.25, 0.3) is 0 Å². The maximum atomic E-state index is 5.33. The van der Waals surface area contributed by atoms with Crippen molar-refractivity contribution in [3.8, 4) is 0 Å². The summed E-state index contributed by atoms with van der Waals surface area (Å²) in [4.78, 5) is 0. The Kier molecular flexibility index (Phi) is 14.8. The summed E-state index contributed by atoms with van der Waals surface area (Å²) in [5, 5.41) is 0. The van der Waals surface area contributed by atoms with Crippen LogP contribution < -0.4 is 0 Å². The smallest absolute Gasteiger partial charge is 0.691 e. The zero-order valence-corrected chi connectivity index (χ0v) is 17.1. The summed E-state index contributed by atoms with van der Waals surface area (Å²) in [7, 11) is 0. The Bertz CT molecular complexity index is 155. The molecule has 0 aliphatic rings. The van der Waals surface area contributed by atoms with Crippen LogP contribution in [0.2, 0.25) is 0 Å². The number of unbranched alkanes of at least 4 members (excludes halogenated alkanes) is 2. The molecule has 0 saturated carbocycles. The van der Waals surface area contributed by atoms with Gasteiger partial charge in [0.1, 0.15) is 0 Å². The number of hydrogen-bond acceptors (Lipinski definition) is 4. The molecular formula is C8H18HgO2PS2+. The molecule has 0 fully saturated rings. The van der Waals surface area contributed by atoms with E-state index in [1.54, 1.807) is 0 Å². The molecule has 2 nitrogen and oxygen atoms in total. The van der Waals surface area contributed by atoms with E-state index in [0.29, 0.717) is 13.2 Å². The fourth-order valence-corrected chi connectivity index (χ4v) is 2.35. The van der Waals surface area contributed by atoms with Gasteiger partial charge in [0, 0.05) is 0 Å². The monoisotopic (exact) mass is 443 g/mol. The fourth-order valence-electron chi connectivity index (χ4n) is 0.679. The van der Waals surface area contributed by atoms with Crippen LogP contribution in [0.25, 0.3) is 0 Å². The summed E-state index contributed by atoms with van der Waals surface area (Å²) >= 11 is 10.1. The first-order valence-corrected chi connectivity index (χ1v) is 8.37. The van der Waals surface area contributed by atoms with Crippen molar-refractivity contribution >= 4 is 29.7 Å². The Morgan fingerprint density at radius 1 is 1.07 bits per heavy atom. The topological polar surface area (TPSA) is 18.5 Å². The Hall–Kier alpha value is 1.86. The second-order valence-electron chi connectivity index (χ2n) is 2.82. The van der Waals surface area contributed by atoms with Gasteiger partial charge >= 0.3 is 27.7 Å². The predicted molar refractivity (Wildman–Crippen MR) is 63.4 cm³/mol. The Morgan fingerprint density at radius 2 is 1.43 bits per heavy atom. The molecule has 14 heavy (non-hydrogen) atoms. The maximum Gasteiger partial charge on any atom is 2.00 e. The zero-order valence-electron chi connectivity index (χ0n) is 9.03. The van der Waals surface area contributed by atoms with Gasteiger partial charge in [0.15, 0.2) is 0 Å². The van der Waals surface area contributed by atoms with E-state index in [1.807, 2.05) is 0 Å². The molecule has 0 spiro atoms. The van der Waals surface area contributed by atoms with Crippen LogP contribution in [0.4, 0.5) is 0 Å². The number of rotatable bonds is 8. The molecule has 0 aliphatic heterocycles. The van der Waals surface area contributed by atoms with Gasteiger partial charge in [-0.25, -0.2) is 0 Å². The van der Waals surface area contributed by atoms with Crippen molar-refractivity contribution in [1.29, 1.82) is 0 Å². The van der Waals surface area contributed by atoms with Gasteiger partial charge in [-0.2, -0.15) is 0 Å². The molecule has 0 N–H and O–H groups in total. The van der Waals surface area contributed by atoms with E-state index in [1.165, 1.54) is 0 Å². The molecule has 6 heteroatoms. The van der Waals surface area contributed by atoms with Gasteiger partial charge in [-0.15, -0.1) is 0 Å². The summed E-state index contributed by atoms with van der Waals surface area (Å²) in [6, 6.07) is 0. The van der Waals surface area contributed by atoms with Crippen LogP contribution in [0.3, 0.4) is 0 Å². The molecular weight excluding hydrogens is 424 g/mol. The second kappa shape index (κ2) is 11.3. The molecule has 0 radical (unpaired) electrons. The molecule has 0 bridgehead atoms. The molecule has 0 aliphatic carbocycles. The average Bonchev–Trinajstić information content (AvgIpc) is 2.05. The minimum absolute atomic E-state index is 0. The largest absolute Gasteiger partial charge is 2.00 e.